The third kappa shape index (κ3) is 4.15. The summed E-state index contributed by atoms with van der Waals surface area (Å²) in [5.41, 5.74) is 0.0175. The van der Waals surface area contributed by atoms with Crippen LogP contribution in [0.1, 0.15) is 12.5 Å². The number of nitrogens with one attached hydrogen (secondary N) is 1. The van der Waals surface area contributed by atoms with E-state index < -0.39 is 16.7 Å². The molecule has 0 aliphatic carbocycles. The molecule has 1 aromatic carbocycles. The lowest BCUT2D eigenvalue weighted by Gasteiger charge is -2.05. The van der Waals surface area contributed by atoms with Crippen LogP contribution in [0.2, 0.25) is 0 Å². The van der Waals surface area contributed by atoms with E-state index in [0.717, 1.165) is 12.1 Å². The summed E-state index contributed by atoms with van der Waals surface area (Å²) in [6.45, 7) is 1.32. The summed E-state index contributed by atoms with van der Waals surface area (Å²) >= 11 is 0. The summed E-state index contributed by atoms with van der Waals surface area (Å²) in [6, 6.07) is 3.30. The number of esters is 1. The minimum Gasteiger partial charge on any atom is -0.450 e. The number of benzene rings is 1. The molecular formula is C10H11FN2O4. The summed E-state index contributed by atoms with van der Waals surface area (Å²) < 4.78 is 17.4. The van der Waals surface area contributed by atoms with Crippen LogP contribution < -0.4 is 5.32 Å². The molecule has 0 amide bonds. The van der Waals surface area contributed by atoms with Gasteiger partial charge in [0.15, 0.2) is 0 Å². The van der Waals surface area contributed by atoms with Gasteiger partial charge in [-0.3, -0.25) is 20.2 Å². The van der Waals surface area contributed by atoms with Crippen LogP contribution in [0.5, 0.6) is 0 Å². The molecule has 92 valence electrons. The fourth-order valence-electron chi connectivity index (χ4n) is 1.19. The van der Waals surface area contributed by atoms with Crippen LogP contribution in [-0.4, -0.2) is 17.6 Å². The van der Waals surface area contributed by atoms with Gasteiger partial charge >= 0.3 is 5.97 Å². The zero-order valence-corrected chi connectivity index (χ0v) is 9.10. The molecule has 0 saturated carbocycles. The largest absolute Gasteiger partial charge is 0.450 e. The second-order valence-electron chi connectivity index (χ2n) is 3.24. The van der Waals surface area contributed by atoms with Gasteiger partial charge in [-0.15, -0.1) is 0 Å². The Hall–Kier alpha value is -2.02. The van der Waals surface area contributed by atoms with Crippen LogP contribution in [0.4, 0.5) is 10.1 Å². The second-order valence-corrected chi connectivity index (χ2v) is 3.24. The zero-order chi connectivity index (χ0) is 12.8. The average molecular weight is 242 g/mol. The van der Waals surface area contributed by atoms with E-state index in [4.69, 9.17) is 0 Å². The summed E-state index contributed by atoms with van der Waals surface area (Å²) in [6.07, 6.45) is 0. The lowest BCUT2D eigenvalue weighted by Crippen LogP contribution is -2.19. The molecular weight excluding hydrogens is 231 g/mol. The van der Waals surface area contributed by atoms with E-state index in [9.17, 15) is 19.3 Å². The Bertz CT molecular complexity index is 436. The Morgan fingerprint density at radius 2 is 2.29 bits per heavy atom. The molecule has 1 rings (SSSR count). The Balaban J connectivity index is 2.64. The predicted molar refractivity (Wildman–Crippen MR) is 56.5 cm³/mol. The van der Waals surface area contributed by atoms with E-state index in [1.54, 1.807) is 0 Å². The number of nitro benzene ring substituents is 1. The van der Waals surface area contributed by atoms with Crippen LogP contribution in [0.15, 0.2) is 18.2 Å². The molecule has 0 aliphatic rings. The minimum absolute atomic E-state index is 0.0517. The first kappa shape index (κ1) is 13.0. The lowest BCUT2D eigenvalue weighted by atomic mass is 10.2. The van der Waals surface area contributed by atoms with Crippen molar-refractivity contribution in [3.8, 4) is 0 Å². The molecule has 0 aromatic heterocycles. The monoisotopic (exact) mass is 242 g/mol. The van der Waals surface area contributed by atoms with Crippen LogP contribution in [0.3, 0.4) is 0 Å². The molecule has 0 fully saturated rings. The lowest BCUT2D eigenvalue weighted by molar-refractivity contribution is -0.385. The quantitative estimate of drug-likeness (QED) is 0.277. The molecule has 0 bridgehead atoms. The van der Waals surface area contributed by atoms with Crippen molar-refractivity contribution < 1.29 is 18.8 Å². The third-order valence-corrected chi connectivity index (χ3v) is 1.94. The van der Waals surface area contributed by atoms with Crippen molar-refractivity contribution in [3.63, 3.8) is 0 Å². The summed E-state index contributed by atoms with van der Waals surface area (Å²) in [5.74, 6) is -1.12. The maximum absolute atomic E-state index is 12.8. The molecule has 17 heavy (non-hydrogen) atoms. The average Bonchev–Trinajstić information content (AvgIpc) is 2.25. The zero-order valence-electron chi connectivity index (χ0n) is 9.10. The first-order valence-electron chi connectivity index (χ1n) is 4.77. The predicted octanol–water partition coefficient (Wildman–Crippen LogP) is 1.34. The first-order chi connectivity index (χ1) is 8.00. The van der Waals surface area contributed by atoms with Crippen molar-refractivity contribution in [2.75, 3.05) is 6.73 Å². The molecule has 0 saturated heterocycles. The van der Waals surface area contributed by atoms with Crippen LogP contribution in [0.25, 0.3) is 0 Å². The highest BCUT2D eigenvalue weighted by Crippen LogP contribution is 2.19. The van der Waals surface area contributed by atoms with E-state index in [1.807, 2.05) is 0 Å². The topological polar surface area (TPSA) is 81.5 Å². The first-order valence-corrected chi connectivity index (χ1v) is 4.77. The summed E-state index contributed by atoms with van der Waals surface area (Å²) in [4.78, 5) is 20.4. The van der Waals surface area contributed by atoms with Crippen LogP contribution in [-0.2, 0) is 16.1 Å². The van der Waals surface area contributed by atoms with Crippen molar-refractivity contribution in [2.45, 2.75) is 13.5 Å². The summed E-state index contributed by atoms with van der Waals surface area (Å²) in [5, 5.41) is 13.3. The molecule has 7 heteroatoms. The van der Waals surface area contributed by atoms with Gasteiger partial charge in [0.05, 0.1) is 11.0 Å². The molecule has 1 N–H and O–H groups in total. The van der Waals surface area contributed by atoms with Gasteiger partial charge < -0.3 is 4.74 Å². The molecule has 0 spiro atoms. The van der Waals surface area contributed by atoms with E-state index in [2.05, 4.69) is 10.1 Å². The number of nitrogens with zero attached hydrogens (tertiary/aromatic N) is 1. The highest BCUT2D eigenvalue weighted by Gasteiger charge is 2.14. The van der Waals surface area contributed by atoms with E-state index in [0.29, 0.717) is 5.56 Å². The van der Waals surface area contributed by atoms with Crippen molar-refractivity contribution in [2.24, 2.45) is 0 Å². The smallest absolute Gasteiger partial charge is 0.303 e. The highest BCUT2D eigenvalue weighted by atomic mass is 19.1. The van der Waals surface area contributed by atoms with Gasteiger partial charge in [-0.05, 0) is 12.1 Å². The van der Waals surface area contributed by atoms with Crippen molar-refractivity contribution in [3.05, 3.63) is 39.7 Å². The number of carbonyl (C=O) groups excluding carboxylic acids is 1. The molecule has 1 aromatic rings. The van der Waals surface area contributed by atoms with Gasteiger partial charge in [0.25, 0.3) is 5.69 Å². The number of carbonyl (C=O) groups is 1. The molecule has 0 aliphatic heterocycles. The SMILES string of the molecule is CC(=O)OCNCc1ccc(F)cc1[N+](=O)[O-]. The molecule has 0 atom stereocenters. The van der Waals surface area contributed by atoms with E-state index in [1.165, 1.54) is 13.0 Å². The minimum atomic E-state index is -0.666. The molecule has 0 unspecified atom stereocenters. The normalized spacial score (nSPS) is 10.0. The number of nitro groups is 1. The second kappa shape index (κ2) is 5.90. The maximum atomic E-state index is 12.8. The van der Waals surface area contributed by atoms with Crippen LogP contribution >= 0.6 is 0 Å². The standard InChI is InChI=1S/C10H11FN2O4/c1-7(14)17-6-12-5-8-2-3-9(11)4-10(8)13(15)16/h2-4,12H,5-6H2,1H3. The van der Waals surface area contributed by atoms with Gasteiger partial charge in [0, 0.05) is 19.0 Å². The summed E-state index contributed by atoms with van der Waals surface area (Å²) in [7, 11) is 0. The van der Waals surface area contributed by atoms with Crippen molar-refractivity contribution >= 4 is 11.7 Å². The van der Waals surface area contributed by atoms with Gasteiger partial charge in [0.2, 0.25) is 0 Å². The Labute approximate surface area is 96.5 Å². The van der Waals surface area contributed by atoms with Crippen molar-refractivity contribution in [1.29, 1.82) is 0 Å². The Morgan fingerprint density at radius 3 is 2.88 bits per heavy atom. The maximum Gasteiger partial charge on any atom is 0.303 e. The highest BCUT2D eigenvalue weighted by molar-refractivity contribution is 5.65. The number of halogens is 1. The number of hydrogen-bond donors (Lipinski definition) is 1. The van der Waals surface area contributed by atoms with Gasteiger partial charge in [0.1, 0.15) is 12.5 Å². The van der Waals surface area contributed by atoms with Crippen molar-refractivity contribution in [1.82, 2.24) is 5.32 Å². The van der Waals surface area contributed by atoms with Gasteiger partial charge in [-0.25, -0.2) is 4.39 Å². The van der Waals surface area contributed by atoms with Crippen LogP contribution in [0, 0.1) is 15.9 Å². The third-order valence-electron chi connectivity index (χ3n) is 1.94. The number of hydrogen-bond acceptors (Lipinski definition) is 5. The Kier molecular flexibility index (Phi) is 4.53. The number of rotatable bonds is 5. The molecule has 0 radical (unpaired) electrons. The molecule has 0 heterocycles. The van der Waals surface area contributed by atoms with Gasteiger partial charge in [-0.2, -0.15) is 0 Å². The molecule has 6 nitrogen and oxygen atoms in total. The van der Waals surface area contributed by atoms with Gasteiger partial charge in [-0.1, -0.05) is 0 Å². The fraction of sp³-hybridized carbons (Fsp3) is 0.300. The number of ether oxygens (including phenoxy) is 1. The Morgan fingerprint density at radius 1 is 1.59 bits per heavy atom. The fourth-order valence-corrected chi connectivity index (χ4v) is 1.19. The van der Waals surface area contributed by atoms with E-state index >= 15 is 0 Å². The van der Waals surface area contributed by atoms with E-state index in [-0.39, 0.29) is 19.0 Å².